The lowest BCUT2D eigenvalue weighted by Gasteiger charge is -2.22. The van der Waals surface area contributed by atoms with Crippen molar-refractivity contribution < 1.29 is 17.9 Å². The zero-order valence-electron chi connectivity index (χ0n) is 21.4. The fraction of sp³-hybridized carbons (Fsp3) is 0.0645. The Labute approximate surface area is 232 Å². The molecule has 0 aliphatic carbocycles. The van der Waals surface area contributed by atoms with Crippen LogP contribution in [0.1, 0.15) is 11.1 Å². The molecule has 200 valence electrons. The van der Waals surface area contributed by atoms with E-state index in [4.69, 9.17) is 4.74 Å². The third kappa shape index (κ3) is 6.33. The molecule has 1 heterocycles. The lowest BCUT2D eigenvalue weighted by atomic mass is 10.1. The Morgan fingerprint density at radius 1 is 0.850 bits per heavy atom. The average Bonchev–Trinajstić information content (AvgIpc) is 3.00. The summed E-state index contributed by atoms with van der Waals surface area (Å²) in [5, 5.41) is 6.31. The largest absolute Gasteiger partial charge is 0.489 e. The molecule has 0 unspecified atom stereocenters. The van der Waals surface area contributed by atoms with E-state index in [2.05, 4.69) is 33.7 Å². The lowest BCUT2D eigenvalue weighted by molar-refractivity contribution is -0.119. The van der Waals surface area contributed by atoms with Gasteiger partial charge in [0.25, 0.3) is 15.9 Å². The summed E-state index contributed by atoms with van der Waals surface area (Å²) < 4.78 is 33.4. The number of hydrazone groups is 1. The van der Waals surface area contributed by atoms with Crippen LogP contribution in [0.15, 0.2) is 131 Å². The highest BCUT2D eigenvalue weighted by molar-refractivity contribution is 7.92. The number of hydrogen-bond acceptors (Lipinski definition) is 6. The molecule has 40 heavy (non-hydrogen) atoms. The maximum Gasteiger partial charge on any atom is 0.265 e. The first kappa shape index (κ1) is 26.6. The van der Waals surface area contributed by atoms with Gasteiger partial charge in [-0.05, 0) is 70.4 Å². The minimum absolute atomic E-state index is 0.0553. The summed E-state index contributed by atoms with van der Waals surface area (Å²) >= 11 is 0. The van der Waals surface area contributed by atoms with Crippen molar-refractivity contribution in [2.24, 2.45) is 5.10 Å². The predicted molar refractivity (Wildman–Crippen MR) is 156 cm³/mol. The van der Waals surface area contributed by atoms with E-state index < -0.39 is 22.5 Å². The van der Waals surface area contributed by atoms with E-state index in [1.165, 1.54) is 30.6 Å². The first-order valence-electron chi connectivity index (χ1n) is 12.5. The number of benzene rings is 4. The van der Waals surface area contributed by atoms with Crippen LogP contribution in [-0.2, 0) is 21.4 Å². The SMILES string of the molecule is O=C(CN(c1ccccn1)S(=O)(=O)c1ccccc1)N/N=C\c1ccc(OCc2cccc3ccccc23)cc1. The maximum atomic E-state index is 13.3. The Hall–Kier alpha value is -5.02. The monoisotopic (exact) mass is 550 g/mol. The van der Waals surface area contributed by atoms with Gasteiger partial charge in [0.05, 0.1) is 11.1 Å². The van der Waals surface area contributed by atoms with Gasteiger partial charge in [-0.1, -0.05) is 66.7 Å². The topological polar surface area (TPSA) is 101 Å². The number of nitrogens with zero attached hydrogens (tertiary/aromatic N) is 3. The molecule has 1 aromatic heterocycles. The first-order chi connectivity index (χ1) is 19.5. The summed E-state index contributed by atoms with van der Waals surface area (Å²) in [5.41, 5.74) is 4.23. The standard InChI is InChI=1S/C31H26N4O4S/c36-31(22-35(30-15-6-7-20-32-30)40(37,38)28-12-2-1-3-13-28)34-33-21-24-16-18-27(19-17-24)39-23-26-11-8-10-25-9-4-5-14-29(25)26/h1-21H,22-23H2,(H,34,36)/b33-21-. The number of carbonyl (C=O) groups is 1. The molecule has 5 aromatic rings. The van der Waals surface area contributed by atoms with Gasteiger partial charge in [-0.25, -0.2) is 23.1 Å². The number of nitrogens with one attached hydrogen (secondary N) is 1. The molecule has 1 amide bonds. The summed E-state index contributed by atoms with van der Waals surface area (Å²) in [6, 6.07) is 34.3. The normalized spacial score (nSPS) is 11.4. The van der Waals surface area contributed by atoms with E-state index in [9.17, 15) is 13.2 Å². The van der Waals surface area contributed by atoms with Crippen molar-refractivity contribution >= 4 is 38.7 Å². The van der Waals surface area contributed by atoms with Gasteiger partial charge in [-0.3, -0.25) is 4.79 Å². The van der Waals surface area contributed by atoms with Crippen molar-refractivity contribution in [3.05, 3.63) is 133 Å². The number of fused-ring (bicyclic) bond motifs is 1. The molecule has 0 saturated heterocycles. The van der Waals surface area contributed by atoms with Crippen LogP contribution in [0.2, 0.25) is 0 Å². The molecule has 5 rings (SSSR count). The quantitative estimate of drug-likeness (QED) is 0.191. The van der Waals surface area contributed by atoms with E-state index in [1.54, 1.807) is 30.3 Å². The van der Waals surface area contributed by atoms with Crippen LogP contribution in [-0.4, -0.2) is 32.1 Å². The van der Waals surface area contributed by atoms with E-state index >= 15 is 0 Å². The Bertz CT molecular complexity index is 1720. The minimum atomic E-state index is -4.02. The molecule has 0 spiro atoms. The molecule has 0 fully saturated rings. The van der Waals surface area contributed by atoms with Gasteiger partial charge in [0.2, 0.25) is 0 Å². The van der Waals surface area contributed by atoms with Crippen LogP contribution in [0.5, 0.6) is 5.75 Å². The fourth-order valence-electron chi connectivity index (χ4n) is 4.08. The van der Waals surface area contributed by atoms with Gasteiger partial charge in [-0.15, -0.1) is 0 Å². The minimum Gasteiger partial charge on any atom is -0.489 e. The summed E-state index contributed by atoms with van der Waals surface area (Å²) in [6.45, 7) is -0.0595. The molecule has 4 aromatic carbocycles. The predicted octanol–water partition coefficient (Wildman–Crippen LogP) is 5.16. The summed E-state index contributed by atoms with van der Waals surface area (Å²) in [5.74, 6) is 0.215. The molecule has 8 nitrogen and oxygen atoms in total. The first-order valence-corrected chi connectivity index (χ1v) is 13.9. The van der Waals surface area contributed by atoms with Crippen LogP contribution in [0.3, 0.4) is 0 Å². The number of pyridine rings is 1. The highest BCUT2D eigenvalue weighted by Crippen LogP contribution is 2.22. The number of anilines is 1. The molecule has 1 N–H and O–H groups in total. The summed E-state index contributed by atoms with van der Waals surface area (Å²) in [6.07, 6.45) is 2.94. The number of carbonyl (C=O) groups excluding carboxylic acids is 1. The molecular weight excluding hydrogens is 524 g/mol. The average molecular weight is 551 g/mol. The third-order valence-electron chi connectivity index (χ3n) is 6.08. The second-order valence-electron chi connectivity index (χ2n) is 8.80. The maximum absolute atomic E-state index is 13.3. The molecule has 0 aliphatic heterocycles. The van der Waals surface area contributed by atoms with Gasteiger partial charge in [-0.2, -0.15) is 5.10 Å². The van der Waals surface area contributed by atoms with Crippen molar-refractivity contribution in [1.29, 1.82) is 0 Å². The highest BCUT2D eigenvalue weighted by atomic mass is 32.2. The number of rotatable bonds is 10. The molecule has 0 saturated carbocycles. The zero-order valence-corrected chi connectivity index (χ0v) is 22.2. The van der Waals surface area contributed by atoms with Gasteiger partial charge < -0.3 is 4.74 Å². The smallest absolute Gasteiger partial charge is 0.265 e. The van der Waals surface area contributed by atoms with Crippen molar-refractivity contribution in [3.8, 4) is 5.75 Å². The number of aromatic nitrogens is 1. The zero-order chi connectivity index (χ0) is 27.8. The Kier molecular flexibility index (Phi) is 8.13. The number of ether oxygens (including phenoxy) is 1. The molecule has 0 radical (unpaired) electrons. The van der Waals surface area contributed by atoms with Gasteiger partial charge in [0, 0.05) is 6.20 Å². The summed E-state index contributed by atoms with van der Waals surface area (Å²) in [4.78, 5) is 16.9. The third-order valence-corrected chi connectivity index (χ3v) is 7.84. The van der Waals surface area contributed by atoms with Crippen LogP contribution < -0.4 is 14.5 Å². The Balaban J connectivity index is 1.20. The van der Waals surface area contributed by atoms with Crippen molar-refractivity contribution in [2.75, 3.05) is 10.8 Å². The Morgan fingerprint density at radius 2 is 1.57 bits per heavy atom. The van der Waals surface area contributed by atoms with Gasteiger partial charge in [0.1, 0.15) is 24.7 Å². The van der Waals surface area contributed by atoms with Gasteiger partial charge in [0.15, 0.2) is 0 Å². The molecular formula is C31H26N4O4S. The molecule has 0 bridgehead atoms. The van der Waals surface area contributed by atoms with Crippen LogP contribution in [0, 0.1) is 0 Å². The van der Waals surface area contributed by atoms with Crippen LogP contribution in [0.4, 0.5) is 5.82 Å². The molecule has 0 atom stereocenters. The molecule has 0 aliphatic rings. The van der Waals surface area contributed by atoms with E-state index in [1.807, 2.05) is 48.5 Å². The molecule has 9 heteroatoms. The van der Waals surface area contributed by atoms with Crippen molar-refractivity contribution in [3.63, 3.8) is 0 Å². The number of amides is 1. The van der Waals surface area contributed by atoms with Crippen molar-refractivity contribution in [2.45, 2.75) is 11.5 Å². The van der Waals surface area contributed by atoms with Crippen LogP contribution >= 0.6 is 0 Å². The van der Waals surface area contributed by atoms with E-state index in [0.29, 0.717) is 12.4 Å². The fourth-order valence-corrected chi connectivity index (χ4v) is 5.48. The lowest BCUT2D eigenvalue weighted by Crippen LogP contribution is -2.40. The van der Waals surface area contributed by atoms with Crippen LogP contribution in [0.25, 0.3) is 10.8 Å². The summed E-state index contributed by atoms with van der Waals surface area (Å²) in [7, 11) is -4.02. The second-order valence-corrected chi connectivity index (χ2v) is 10.7. The van der Waals surface area contributed by atoms with Crippen molar-refractivity contribution in [1.82, 2.24) is 10.4 Å². The van der Waals surface area contributed by atoms with Gasteiger partial charge >= 0.3 is 0 Å². The Morgan fingerprint density at radius 3 is 2.35 bits per heavy atom. The van der Waals surface area contributed by atoms with E-state index in [0.717, 1.165) is 26.2 Å². The highest BCUT2D eigenvalue weighted by Gasteiger charge is 2.27. The number of hydrogen-bond donors (Lipinski definition) is 1. The van der Waals surface area contributed by atoms with E-state index in [-0.39, 0.29) is 10.7 Å². The second kappa shape index (κ2) is 12.2. The number of sulfonamides is 1.